The van der Waals surface area contributed by atoms with Gasteiger partial charge in [-0.1, -0.05) is 30.6 Å². The molecule has 0 spiro atoms. The van der Waals surface area contributed by atoms with E-state index in [4.69, 9.17) is 5.73 Å². The third-order valence-electron chi connectivity index (χ3n) is 3.48. The topological polar surface area (TPSA) is 98.3 Å². The molecule has 0 aromatic carbocycles. The summed E-state index contributed by atoms with van der Waals surface area (Å²) in [5, 5.41) is 14.8. The number of nitrogens with zero attached hydrogens (tertiary/aromatic N) is 1. The Hall–Kier alpha value is -1.18. The number of halogens is 1. The Morgan fingerprint density at radius 1 is 1.45 bits per heavy atom. The van der Waals surface area contributed by atoms with Crippen molar-refractivity contribution in [1.82, 2.24) is 5.32 Å². The van der Waals surface area contributed by atoms with Crippen LogP contribution in [-0.4, -0.2) is 22.9 Å². The van der Waals surface area contributed by atoms with Crippen molar-refractivity contribution >= 4 is 34.7 Å². The molecule has 1 fully saturated rings. The largest absolute Gasteiger partial charge is 0.350 e. The maximum atomic E-state index is 11.9. The van der Waals surface area contributed by atoms with Crippen molar-refractivity contribution in [3.63, 3.8) is 0 Å². The minimum absolute atomic E-state index is 0. The summed E-state index contributed by atoms with van der Waals surface area (Å²) in [6, 6.07) is 1.30. The van der Waals surface area contributed by atoms with Gasteiger partial charge < -0.3 is 11.1 Å². The number of nitrogens with one attached hydrogen (secondary N) is 1. The number of carbonyl (C=O) groups is 1. The van der Waals surface area contributed by atoms with E-state index in [1.807, 2.05) is 0 Å². The predicted molar refractivity (Wildman–Crippen MR) is 80.6 cm³/mol. The highest BCUT2D eigenvalue weighted by atomic mass is 35.5. The molecule has 1 aromatic rings. The second kappa shape index (κ2) is 7.01. The lowest BCUT2D eigenvalue weighted by atomic mass is 9.82. The molecular weight excluding hydrogens is 302 g/mol. The predicted octanol–water partition coefficient (Wildman–Crippen LogP) is 2.47. The van der Waals surface area contributed by atoms with Gasteiger partial charge in [0.25, 0.3) is 5.91 Å². The number of nitrogens with two attached hydrogens (primary N) is 1. The Bertz CT molecular complexity index is 486. The van der Waals surface area contributed by atoms with Crippen molar-refractivity contribution in [2.45, 2.75) is 37.6 Å². The molecule has 0 unspecified atom stereocenters. The molecule has 0 atom stereocenters. The van der Waals surface area contributed by atoms with Crippen LogP contribution >= 0.6 is 23.7 Å². The first-order chi connectivity index (χ1) is 9.00. The fourth-order valence-electron chi connectivity index (χ4n) is 2.33. The van der Waals surface area contributed by atoms with Crippen molar-refractivity contribution < 1.29 is 9.72 Å². The van der Waals surface area contributed by atoms with Gasteiger partial charge in [0.2, 0.25) is 0 Å². The first-order valence-corrected chi connectivity index (χ1v) is 7.18. The molecule has 0 radical (unpaired) electrons. The van der Waals surface area contributed by atoms with Gasteiger partial charge in [-0.15, -0.1) is 12.4 Å². The maximum Gasteiger partial charge on any atom is 0.324 e. The van der Waals surface area contributed by atoms with E-state index in [2.05, 4.69) is 5.32 Å². The summed E-state index contributed by atoms with van der Waals surface area (Å²) in [5.41, 5.74) is 6.22. The van der Waals surface area contributed by atoms with Crippen molar-refractivity contribution in [2.24, 2.45) is 5.73 Å². The zero-order valence-corrected chi connectivity index (χ0v) is 12.6. The van der Waals surface area contributed by atoms with Crippen LogP contribution in [0.15, 0.2) is 11.4 Å². The second-order valence-electron chi connectivity index (χ2n) is 5.04. The van der Waals surface area contributed by atoms with Crippen LogP contribution in [0.2, 0.25) is 0 Å². The quantitative estimate of drug-likeness (QED) is 0.658. The van der Waals surface area contributed by atoms with Crippen LogP contribution in [0.3, 0.4) is 0 Å². The maximum absolute atomic E-state index is 11.9. The highest BCUT2D eigenvalue weighted by Crippen LogP contribution is 2.26. The summed E-state index contributed by atoms with van der Waals surface area (Å²) in [7, 11) is 0. The molecule has 112 valence electrons. The molecule has 2 rings (SSSR count). The molecule has 1 aromatic heterocycles. The fraction of sp³-hybridized carbons (Fsp3) is 0.583. The van der Waals surface area contributed by atoms with Gasteiger partial charge in [0.05, 0.1) is 10.5 Å². The van der Waals surface area contributed by atoms with E-state index in [9.17, 15) is 14.9 Å². The summed E-state index contributed by atoms with van der Waals surface area (Å²) in [6.07, 6.45) is 5.21. The van der Waals surface area contributed by atoms with E-state index in [1.165, 1.54) is 17.9 Å². The van der Waals surface area contributed by atoms with Crippen LogP contribution in [0.5, 0.6) is 0 Å². The summed E-state index contributed by atoms with van der Waals surface area (Å²) in [5.74, 6) is -0.292. The molecule has 20 heavy (non-hydrogen) atoms. The SMILES string of the molecule is Cl.NC1(CNC(=O)c2csc([N+](=O)[O-])c2)CCCCC1. The molecular formula is C12H18ClN3O3S. The van der Waals surface area contributed by atoms with Crippen LogP contribution in [0, 0.1) is 10.1 Å². The summed E-state index contributed by atoms with van der Waals surface area (Å²) in [4.78, 5) is 21.9. The van der Waals surface area contributed by atoms with Gasteiger partial charge in [-0.05, 0) is 12.8 Å². The lowest BCUT2D eigenvalue weighted by molar-refractivity contribution is -0.380. The van der Waals surface area contributed by atoms with Gasteiger partial charge in [-0.3, -0.25) is 14.9 Å². The van der Waals surface area contributed by atoms with Crippen LogP contribution in [0.1, 0.15) is 42.5 Å². The highest BCUT2D eigenvalue weighted by Gasteiger charge is 2.28. The van der Waals surface area contributed by atoms with Crippen LogP contribution in [0.25, 0.3) is 0 Å². The molecule has 1 saturated carbocycles. The molecule has 0 aliphatic heterocycles. The standard InChI is InChI=1S/C12H17N3O3S.ClH/c13-12(4-2-1-3-5-12)8-14-11(16)9-6-10(15(17)18)19-7-9;/h6-7H,1-5,8,13H2,(H,14,16);1H. The third-order valence-corrected chi connectivity index (χ3v) is 4.36. The van der Waals surface area contributed by atoms with E-state index in [-0.39, 0.29) is 28.9 Å². The van der Waals surface area contributed by atoms with Gasteiger partial charge in [-0.2, -0.15) is 0 Å². The van der Waals surface area contributed by atoms with Gasteiger partial charge >= 0.3 is 5.00 Å². The number of thiophene rings is 1. The average Bonchev–Trinajstić information content (AvgIpc) is 2.87. The van der Waals surface area contributed by atoms with Gasteiger partial charge in [-0.25, -0.2) is 0 Å². The Kier molecular flexibility index (Phi) is 5.91. The zero-order chi connectivity index (χ0) is 13.9. The number of amides is 1. The van der Waals surface area contributed by atoms with E-state index in [0.717, 1.165) is 37.0 Å². The molecule has 0 saturated heterocycles. The zero-order valence-electron chi connectivity index (χ0n) is 11.0. The minimum atomic E-state index is -0.493. The molecule has 1 heterocycles. The summed E-state index contributed by atoms with van der Waals surface area (Å²) in [6.45, 7) is 0.426. The van der Waals surface area contributed by atoms with E-state index in [0.29, 0.717) is 12.1 Å². The Morgan fingerprint density at radius 2 is 2.10 bits per heavy atom. The average molecular weight is 320 g/mol. The summed E-state index contributed by atoms with van der Waals surface area (Å²) < 4.78 is 0. The van der Waals surface area contributed by atoms with Crippen molar-refractivity contribution in [3.8, 4) is 0 Å². The number of hydrogen-bond donors (Lipinski definition) is 2. The molecule has 1 amide bonds. The number of rotatable bonds is 4. The van der Waals surface area contributed by atoms with Gasteiger partial charge in [0, 0.05) is 23.5 Å². The lowest BCUT2D eigenvalue weighted by Gasteiger charge is -2.33. The molecule has 1 aliphatic rings. The van der Waals surface area contributed by atoms with Crippen molar-refractivity contribution in [2.75, 3.05) is 6.54 Å². The Morgan fingerprint density at radius 3 is 2.65 bits per heavy atom. The summed E-state index contributed by atoms with van der Waals surface area (Å²) >= 11 is 0.955. The second-order valence-corrected chi connectivity index (χ2v) is 5.93. The Balaban J connectivity index is 0.00000200. The first kappa shape index (κ1) is 16.9. The molecule has 8 heteroatoms. The van der Waals surface area contributed by atoms with E-state index < -0.39 is 4.92 Å². The molecule has 1 aliphatic carbocycles. The van der Waals surface area contributed by atoms with Crippen LogP contribution in [0.4, 0.5) is 5.00 Å². The number of carbonyl (C=O) groups excluding carboxylic acids is 1. The van der Waals surface area contributed by atoms with Crippen LogP contribution < -0.4 is 11.1 Å². The normalized spacial score (nSPS) is 17.1. The monoisotopic (exact) mass is 319 g/mol. The van der Waals surface area contributed by atoms with Crippen molar-refractivity contribution in [3.05, 3.63) is 27.1 Å². The van der Waals surface area contributed by atoms with E-state index >= 15 is 0 Å². The first-order valence-electron chi connectivity index (χ1n) is 6.30. The molecule has 6 nitrogen and oxygen atoms in total. The lowest BCUT2D eigenvalue weighted by Crippen LogP contribution is -2.51. The van der Waals surface area contributed by atoms with Gasteiger partial charge in [0.1, 0.15) is 0 Å². The van der Waals surface area contributed by atoms with Crippen molar-refractivity contribution in [1.29, 1.82) is 0 Å². The number of hydrogen-bond acceptors (Lipinski definition) is 5. The Labute approximate surface area is 127 Å². The van der Waals surface area contributed by atoms with Gasteiger partial charge in [0.15, 0.2) is 0 Å². The minimum Gasteiger partial charge on any atom is -0.350 e. The van der Waals surface area contributed by atoms with Crippen LogP contribution in [-0.2, 0) is 0 Å². The molecule has 3 N–H and O–H groups in total. The molecule has 0 bridgehead atoms. The fourth-order valence-corrected chi connectivity index (χ4v) is 3.03. The third kappa shape index (κ3) is 4.16. The smallest absolute Gasteiger partial charge is 0.324 e. The number of nitro groups is 1. The van der Waals surface area contributed by atoms with E-state index in [1.54, 1.807) is 0 Å². The highest BCUT2D eigenvalue weighted by molar-refractivity contribution is 7.13.